The van der Waals surface area contributed by atoms with E-state index in [0.29, 0.717) is 12.8 Å². The molecule has 0 aliphatic carbocycles. The zero-order valence-corrected chi connectivity index (χ0v) is 19.4. The first-order chi connectivity index (χ1) is 17.2. The molecule has 0 radical (unpaired) electrons. The van der Waals surface area contributed by atoms with Gasteiger partial charge in [0.15, 0.2) is 0 Å². The molecule has 10 heteroatoms. The van der Waals surface area contributed by atoms with Crippen molar-refractivity contribution >= 4 is 11.9 Å². The fourth-order valence-corrected chi connectivity index (χ4v) is 2.99. The number of rotatable bonds is 10. The predicted octanol–water partition coefficient (Wildman–Crippen LogP) is 6.26. The van der Waals surface area contributed by atoms with E-state index in [2.05, 4.69) is 0 Å². The van der Waals surface area contributed by atoms with E-state index in [9.17, 15) is 27.2 Å². The lowest BCUT2D eigenvalue weighted by Gasteiger charge is -2.11. The zero-order chi connectivity index (χ0) is 26.2. The number of ether oxygens (including phenoxy) is 4. The van der Waals surface area contributed by atoms with Crippen molar-refractivity contribution in [3.8, 4) is 23.0 Å². The van der Waals surface area contributed by atoms with Gasteiger partial charge in [-0.15, -0.1) is 0 Å². The highest BCUT2D eigenvalue weighted by Gasteiger charge is 2.23. The van der Waals surface area contributed by atoms with E-state index >= 15 is 0 Å². The number of halogens is 4. The Labute approximate surface area is 204 Å². The van der Waals surface area contributed by atoms with Crippen LogP contribution in [0.4, 0.5) is 17.6 Å². The number of benzene rings is 3. The van der Waals surface area contributed by atoms with Crippen LogP contribution in [0.3, 0.4) is 0 Å². The lowest BCUT2D eigenvalue weighted by atomic mass is 10.2. The molecule has 0 saturated heterocycles. The number of carbonyl (C=O) groups is 2. The fraction of sp³-hybridized carbons (Fsp3) is 0.231. The van der Waals surface area contributed by atoms with Gasteiger partial charge in [0.25, 0.3) is 0 Å². The molecule has 3 rings (SSSR count). The molecule has 0 aliphatic heterocycles. The molecule has 0 amide bonds. The highest BCUT2D eigenvalue weighted by molar-refractivity contribution is 5.92. The van der Waals surface area contributed by atoms with E-state index in [-0.39, 0.29) is 36.2 Å². The van der Waals surface area contributed by atoms with Crippen LogP contribution in [0.15, 0.2) is 48.5 Å². The van der Waals surface area contributed by atoms with Crippen molar-refractivity contribution in [3.63, 3.8) is 0 Å². The molecule has 0 unspecified atom stereocenters. The maximum Gasteiger partial charge on any atom is 0.349 e. The van der Waals surface area contributed by atoms with Gasteiger partial charge in [-0.25, -0.2) is 27.2 Å². The Morgan fingerprint density at radius 3 is 1.17 bits per heavy atom. The van der Waals surface area contributed by atoms with Crippen LogP contribution in [0.1, 0.15) is 47.4 Å². The molecule has 0 atom stereocenters. The molecule has 0 heterocycles. The Morgan fingerprint density at radius 2 is 0.889 bits per heavy atom. The Morgan fingerprint density at radius 1 is 0.583 bits per heavy atom. The van der Waals surface area contributed by atoms with Gasteiger partial charge in [-0.3, -0.25) is 0 Å². The Balaban J connectivity index is 1.68. The van der Waals surface area contributed by atoms with Gasteiger partial charge in [0.05, 0.1) is 13.2 Å². The molecule has 3 aromatic rings. The second kappa shape index (κ2) is 12.1. The fourth-order valence-electron chi connectivity index (χ4n) is 2.99. The number of hydrogen-bond donors (Lipinski definition) is 0. The molecular weight excluding hydrogens is 484 g/mol. The Hall–Kier alpha value is -4.08. The average Bonchev–Trinajstić information content (AvgIpc) is 2.81. The molecule has 6 nitrogen and oxygen atoms in total. The minimum atomic E-state index is -1.30. The van der Waals surface area contributed by atoms with Crippen LogP contribution in [-0.4, -0.2) is 25.2 Å². The van der Waals surface area contributed by atoms with Crippen LogP contribution in [0.5, 0.6) is 23.0 Å². The first kappa shape index (κ1) is 26.5. The molecule has 190 valence electrons. The van der Waals surface area contributed by atoms with Crippen molar-refractivity contribution in [2.24, 2.45) is 0 Å². The molecule has 0 fully saturated rings. The average molecular weight is 506 g/mol. The highest BCUT2D eigenvalue weighted by atomic mass is 19.1. The first-order valence-electron chi connectivity index (χ1n) is 11.0. The van der Waals surface area contributed by atoms with Crippen molar-refractivity contribution in [1.29, 1.82) is 0 Å². The number of esters is 2. The summed E-state index contributed by atoms with van der Waals surface area (Å²) in [6.07, 6.45) is 1.25. The summed E-state index contributed by atoms with van der Waals surface area (Å²) in [6.45, 7) is 4.14. The lowest BCUT2D eigenvalue weighted by Crippen LogP contribution is -2.14. The third-order valence-electron chi connectivity index (χ3n) is 4.63. The quantitative estimate of drug-likeness (QED) is 0.184. The normalized spacial score (nSPS) is 10.6. The maximum absolute atomic E-state index is 14.3. The highest BCUT2D eigenvalue weighted by Crippen LogP contribution is 2.26. The van der Waals surface area contributed by atoms with Crippen molar-refractivity contribution < 1.29 is 46.1 Å². The van der Waals surface area contributed by atoms with Gasteiger partial charge in [-0.1, -0.05) is 13.8 Å². The van der Waals surface area contributed by atoms with E-state index in [1.54, 1.807) is 0 Å². The van der Waals surface area contributed by atoms with Gasteiger partial charge >= 0.3 is 11.9 Å². The molecule has 0 N–H and O–H groups in total. The van der Waals surface area contributed by atoms with Gasteiger partial charge in [-0.05, 0) is 37.1 Å². The van der Waals surface area contributed by atoms with Gasteiger partial charge in [0, 0.05) is 24.3 Å². The summed E-state index contributed by atoms with van der Waals surface area (Å²) in [5.74, 6) is -7.62. The van der Waals surface area contributed by atoms with E-state index in [1.807, 2.05) is 13.8 Å². The summed E-state index contributed by atoms with van der Waals surface area (Å²) >= 11 is 0. The first-order valence-corrected chi connectivity index (χ1v) is 11.0. The van der Waals surface area contributed by atoms with Crippen LogP contribution in [0, 0.1) is 23.3 Å². The minimum absolute atomic E-state index is 0.0643. The van der Waals surface area contributed by atoms with E-state index in [1.165, 1.54) is 24.3 Å². The topological polar surface area (TPSA) is 71.1 Å². The van der Waals surface area contributed by atoms with Crippen LogP contribution in [-0.2, 0) is 0 Å². The number of carbonyl (C=O) groups excluding carboxylic acids is 2. The third kappa shape index (κ3) is 6.53. The van der Waals surface area contributed by atoms with Gasteiger partial charge in [0.2, 0.25) is 0 Å². The second-order valence-corrected chi connectivity index (χ2v) is 7.47. The second-order valence-electron chi connectivity index (χ2n) is 7.47. The summed E-state index contributed by atoms with van der Waals surface area (Å²) < 4.78 is 77.3. The Kier molecular flexibility index (Phi) is 8.88. The van der Waals surface area contributed by atoms with Crippen LogP contribution >= 0.6 is 0 Å². The van der Waals surface area contributed by atoms with E-state index in [0.717, 1.165) is 24.3 Å². The summed E-state index contributed by atoms with van der Waals surface area (Å²) in [5.41, 5.74) is -1.82. The molecule has 36 heavy (non-hydrogen) atoms. The predicted molar refractivity (Wildman–Crippen MR) is 121 cm³/mol. The van der Waals surface area contributed by atoms with Crippen molar-refractivity contribution in [3.05, 3.63) is 82.9 Å². The lowest BCUT2D eigenvalue weighted by molar-refractivity contribution is 0.0708. The molecule has 0 spiro atoms. The summed E-state index contributed by atoms with van der Waals surface area (Å²) in [7, 11) is 0. The van der Waals surface area contributed by atoms with Crippen molar-refractivity contribution in [2.45, 2.75) is 26.7 Å². The van der Waals surface area contributed by atoms with Gasteiger partial charge in [0.1, 0.15) is 57.4 Å². The molecule has 0 aromatic heterocycles. The van der Waals surface area contributed by atoms with Crippen LogP contribution < -0.4 is 18.9 Å². The van der Waals surface area contributed by atoms with E-state index in [4.69, 9.17) is 18.9 Å². The van der Waals surface area contributed by atoms with Crippen LogP contribution in [0.25, 0.3) is 0 Å². The summed E-state index contributed by atoms with van der Waals surface area (Å²) in [6, 6.07) is 8.17. The summed E-state index contributed by atoms with van der Waals surface area (Å²) in [5, 5.41) is 0. The molecular formula is C26H22F4O6. The van der Waals surface area contributed by atoms with Crippen molar-refractivity contribution in [2.75, 3.05) is 13.2 Å². The number of hydrogen-bond acceptors (Lipinski definition) is 6. The SMILES string of the molecule is CCCOc1cc(F)c(C(=O)Oc2ccc(OC(=O)c3c(F)cc(OCCC)cc3F)cc2)c(F)c1. The Bertz CT molecular complexity index is 1100. The van der Waals surface area contributed by atoms with Gasteiger partial charge < -0.3 is 18.9 Å². The standard InChI is InChI=1S/C26H22F4O6/c1-3-9-33-17-11-19(27)23(20(28)12-17)25(31)35-15-5-7-16(8-6-15)36-26(32)24-21(29)13-18(14-22(24)30)34-10-4-2/h5-8,11-14H,3-4,9-10H2,1-2H3. The maximum atomic E-state index is 14.3. The molecule has 0 aliphatic rings. The molecule has 3 aromatic carbocycles. The van der Waals surface area contributed by atoms with Crippen molar-refractivity contribution in [1.82, 2.24) is 0 Å². The van der Waals surface area contributed by atoms with E-state index < -0.39 is 46.3 Å². The molecule has 0 bridgehead atoms. The van der Waals surface area contributed by atoms with Gasteiger partial charge in [-0.2, -0.15) is 0 Å². The van der Waals surface area contributed by atoms with Crippen LogP contribution in [0.2, 0.25) is 0 Å². The zero-order valence-electron chi connectivity index (χ0n) is 19.4. The third-order valence-corrected chi connectivity index (χ3v) is 4.63. The summed E-state index contributed by atoms with van der Waals surface area (Å²) in [4.78, 5) is 24.6. The monoisotopic (exact) mass is 506 g/mol. The minimum Gasteiger partial charge on any atom is -0.493 e. The smallest absolute Gasteiger partial charge is 0.349 e. The molecule has 0 saturated carbocycles. The largest absolute Gasteiger partial charge is 0.493 e.